The summed E-state index contributed by atoms with van der Waals surface area (Å²) in [5, 5.41) is 17.1. The van der Waals surface area contributed by atoms with Crippen molar-refractivity contribution in [3.63, 3.8) is 0 Å². The Kier molecular flexibility index (Phi) is 8.56. The highest BCUT2D eigenvalue weighted by Gasteiger charge is 2.46. The number of aliphatic hydroxyl groups is 1. The Morgan fingerprint density at radius 3 is 2.21 bits per heavy atom. The summed E-state index contributed by atoms with van der Waals surface area (Å²) in [6.45, 7) is -0.159. The molecule has 1 saturated heterocycles. The summed E-state index contributed by atoms with van der Waals surface area (Å²) in [6.07, 6.45) is -1.68. The molecule has 1 fully saturated rings. The van der Waals surface area contributed by atoms with Gasteiger partial charge >= 0.3 is 16.3 Å². The molecule has 3 unspecified atom stereocenters. The quantitative estimate of drug-likeness (QED) is 0.247. The Morgan fingerprint density at radius 1 is 0.949 bits per heavy atom. The van der Waals surface area contributed by atoms with Gasteiger partial charge in [0.1, 0.15) is 24.6 Å². The van der Waals surface area contributed by atoms with Gasteiger partial charge in [0, 0.05) is 6.54 Å². The molecule has 3 atom stereocenters. The van der Waals surface area contributed by atoms with Gasteiger partial charge in [-0.15, -0.1) is 4.31 Å². The van der Waals surface area contributed by atoms with Gasteiger partial charge in [-0.05, 0) is 23.3 Å². The van der Waals surface area contributed by atoms with E-state index in [1.807, 2.05) is 30.3 Å². The first-order valence-electron chi connectivity index (χ1n) is 11.8. The lowest BCUT2D eigenvalue weighted by molar-refractivity contribution is -0.129. The van der Waals surface area contributed by atoms with Crippen LogP contribution in [0.4, 0.5) is 4.79 Å². The summed E-state index contributed by atoms with van der Waals surface area (Å²) in [6, 6.07) is 20.5. The van der Waals surface area contributed by atoms with E-state index in [9.17, 15) is 27.9 Å². The Balaban J connectivity index is 1.42. The summed E-state index contributed by atoms with van der Waals surface area (Å²) in [4.78, 5) is 38.7. The molecule has 5 N–H and O–H groups in total. The number of rotatable bonds is 9. The number of urea groups is 1. The number of hydrogen-bond acceptors (Lipinski definition) is 7. The number of carbonyl (C=O) groups is 3. The lowest BCUT2D eigenvalue weighted by Crippen LogP contribution is -2.68. The van der Waals surface area contributed by atoms with Crippen LogP contribution < -0.4 is 20.7 Å². The van der Waals surface area contributed by atoms with E-state index in [4.69, 9.17) is 9.29 Å². The minimum atomic E-state index is -4.63. The second-order valence-electron chi connectivity index (χ2n) is 8.62. The van der Waals surface area contributed by atoms with Crippen LogP contribution in [0.5, 0.6) is 5.75 Å². The van der Waals surface area contributed by atoms with Gasteiger partial charge in [-0.1, -0.05) is 72.8 Å². The number of amides is 4. The number of benzene rings is 3. The lowest BCUT2D eigenvalue weighted by atomic mass is 10.0. The Bertz CT molecular complexity index is 1440. The Morgan fingerprint density at radius 2 is 1.56 bits per heavy atom. The zero-order valence-corrected chi connectivity index (χ0v) is 21.2. The predicted octanol–water partition coefficient (Wildman–Crippen LogP) is 1.37. The maximum Gasteiger partial charge on any atom is 0.338 e. The average Bonchev–Trinajstić information content (AvgIpc) is 2.92. The summed E-state index contributed by atoms with van der Waals surface area (Å²) >= 11 is 0. The average molecular weight is 555 g/mol. The van der Waals surface area contributed by atoms with E-state index in [1.54, 1.807) is 48.5 Å². The van der Waals surface area contributed by atoms with Gasteiger partial charge in [0.2, 0.25) is 5.91 Å². The highest BCUT2D eigenvalue weighted by atomic mass is 32.2. The molecule has 0 bridgehead atoms. The maximum atomic E-state index is 13.0. The topological polar surface area (TPSA) is 174 Å². The molecule has 4 amide bonds. The third-order valence-electron chi connectivity index (χ3n) is 5.92. The van der Waals surface area contributed by atoms with Gasteiger partial charge in [-0.25, -0.2) is 4.79 Å². The van der Waals surface area contributed by atoms with E-state index >= 15 is 0 Å². The van der Waals surface area contributed by atoms with Crippen molar-refractivity contribution in [1.82, 2.24) is 20.3 Å². The van der Waals surface area contributed by atoms with Crippen LogP contribution in [0, 0.1) is 0 Å². The maximum absolute atomic E-state index is 13.0. The van der Waals surface area contributed by atoms with Crippen molar-refractivity contribution in [1.29, 1.82) is 0 Å². The molecule has 0 saturated carbocycles. The van der Waals surface area contributed by atoms with Crippen LogP contribution >= 0.6 is 0 Å². The molecule has 0 spiro atoms. The van der Waals surface area contributed by atoms with Gasteiger partial charge in [0.15, 0.2) is 0 Å². The standard InChI is InChI=1S/C26H26N4O8S/c31-23(19-13-7-8-14-21(19)38-16-17-9-3-1-4-10-17)29-26(34)28-22(18-11-5-2-6-12-18)24(32)27-20-15-30(25(20)33)39(35,36)37/h1-14,20,22,25,33H,15-16H2,(H,27,32)(H,35,36,37)(H2,28,29,31,34). The van der Waals surface area contributed by atoms with E-state index in [0.29, 0.717) is 9.87 Å². The number of nitrogens with one attached hydrogen (secondary N) is 3. The molecule has 0 aliphatic carbocycles. The fourth-order valence-electron chi connectivity index (χ4n) is 3.87. The third kappa shape index (κ3) is 6.97. The van der Waals surface area contributed by atoms with Crippen molar-refractivity contribution in [2.75, 3.05) is 6.54 Å². The molecule has 12 nitrogen and oxygen atoms in total. The first kappa shape index (κ1) is 27.7. The molecule has 0 radical (unpaired) electrons. The molecule has 39 heavy (non-hydrogen) atoms. The molecule has 1 aliphatic rings. The number of imide groups is 1. The second-order valence-corrected chi connectivity index (χ2v) is 9.98. The number of hydrogen-bond donors (Lipinski definition) is 5. The van der Waals surface area contributed by atoms with Crippen LogP contribution in [0.3, 0.4) is 0 Å². The Labute approximate surface area is 224 Å². The van der Waals surface area contributed by atoms with E-state index < -0.39 is 46.5 Å². The van der Waals surface area contributed by atoms with Crippen molar-refractivity contribution >= 4 is 28.1 Å². The largest absolute Gasteiger partial charge is 0.488 e. The smallest absolute Gasteiger partial charge is 0.338 e. The van der Waals surface area contributed by atoms with Crippen molar-refractivity contribution < 1.29 is 37.2 Å². The van der Waals surface area contributed by atoms with Crippen LogP contribution in [0.1, 0.15) is 27.5 Å². The minimum Gasteiger partial charge on any atom is -0.488 e. The second kappa shape index (κ2) is 12.0. The molecule has 1 aliphatic heterocycles. The van der Waals surface area contributed by atoms with Gasteiger partial charge in [0.25, 0.3) is 5.91 Å². The zero-order valence-electron chi connectivity index (χ0n) is 20.4. The number of aliphatic hydroxyl groups excluding tert-OH is 1. The van der Waals surface area contributed by atoms with Gasteiger partial charge in [0.05, 0.1) is 11.6 Å². The fraction of sp³-hybridized carbons (Fsp3) is 0.192. The van der Waals surface area contributed by atoms with Gasteiger partial charge in [-0.2, -0.15) is 8.42 Å². The van der Waals surface area contributed by atoms with Crippen molar-refractivity contribution in [2.24, 2.45) is 0 Å². The Hall–Kier alpha value is -4.30. The van der Waals surface area contributed by atoms with Gasteiger partial charge in [-0.3, -0.25) is 19.5 Å². The predicted molar refractivity (Wildman–Crippen MR) is 139 cm³/mol. The molecule has 204 valence electrons. The SMILES string of the molecule is O=C(NC(=O)c1ccccc1OCc1ccccc1)NC(C(=O)NC1CN(S(=O)(=O)O)C1O)c1ccccc1. The van der Waals surface area contributed by atoms with Gasteiger partial charge < -0.3 is 20.5 Å². The molecule has 1 heterocycles. The normalized spacial score (nSPS) is 17.8. The van der Waals surface area contributed by atoms with Crippen LogP contribution in [0.15, 0.2) is 84.9 Å². The zero-order chi connectivity index (χ0) is 28.0. The van der Waals surface area contributed by atoms with E-state index in [-0.39, 0.29) is 24.5 Å². The van der Waals surface area contributed by atoms with Crippen molar-refractivity contribution in [3.8, 4) is 5.75 Å². The first-order chi connectivity index (χ1) is 18.6. The molecule has 13 heteroatoms. The highest BCUT2D eigenvalue weighted by molar-refractivity contribution is 7.83. The van der Waals surface area contributed by atoms with Crippen molar-refractivity contribution in [3.05, 3.63) is 102 Å². The fourth-order valence-corrected chi connectivity index (χ4v) is 4.64. The van der Waals surface area contributed by atoms with E-state index in [1.165, 1.54) is 6.07 Å². The number of carbonyl (C=O) groups excluding carboxylic acids is 3. The number of ether oxygens (including phenoxy) is 1. The molecular weight excluding hydrogens is 528 g/mol. The molecule has 4 rings (SSSR count). The van der Waals surface area contributed by atoms with E-state index in [0.717, 1.165) is 5.56 Å². The van der Waals surface area contributed by atoms with Crippen molar-refractivity contribution in [2.45, 2.75) is 24.9 Å². The summed E-state index contributed by atoms with van der Waals surface area (Å²) in [7, 11) is -4.63. The summed E-state index contributed by atoms with van der Waals surface area (Å²) < 4.78 is 37.7. The first-order valence-corrected chi connectivity index (χ1v) is 13.2. The molecular formula is C26H26N4O8S. The minimum absolute atomic E-state index is 0.104. The molecule has 0 aromatic heterocycles. The molecule has 3 aromatic rings. The summed E-state index contributed by atoms with van der Waals surface area (Å²) in [5.74, 6) is -1.28. The number of nitrogens with zero attached hydrogens (tertiary/aromatic N) is 1. The van der Waals surface area contributed by atoms with Crippen LogP contribution in [0.25, 0.3) is 0 Å². The summed E-state index contributed by atoms with van der Waals surface area (Å²) in [5.41, 5.74) is 1.36. The van der Waals surface area contributed by atoms with E-state index in [2.05, 4.69) is 16.0 Å². The number of para-hydroxylation sites is 1. The lowest BCUT2D eigenvalue weighted by Gasteiger charge is -2.42. The van der Waals surface area contributed by atoms with Crippen LogP contribution in [0.2, 0.25) is 0 Å². The highest BCUT2D eigenvalue weighted by Crippen LogP contribution is 2.22. The molecule has 3 aromatic carbocycles. The monoisotopic (exact) mass is 554 g/mol. The van der Waals surface area contributed by atoms with Crippen LogP contribution in [-0.4, -0.2) is 59.0 Å². The third-order valence-corrected chi connectivity index (χ3v) is 6.88. The van der Waals surface area contributed by atoms with Crippen LogP contribution in [-0.2, 0) is 21.7 Å².